The van der Waals surface area contributed by atoms with Crippen molar-refractivity contribution in [2.45, 2.75) is 58.7 Å². The molecule has 11 nitrogen and oxygen atoms in total. The molecule has 2 aliphatic rings. The van der Waals surface area contributed by atoms with Crippen molar-refractivity contribution in [2.24, 2.45) is 5.41 Å². The molecule has 0 bridgehead atoms. The van der Waals surface area contributed by atoms with Crippen molar-refractivity contribution in [1.29, 1.82) is 0 Å². The fraction of sp³-hybridized carbons (Fsp3) is 0.333. The second-order valence-corrected chi connectivity index (χ2v) is 11.7. The molecule has 1 saturated heterocycles. The van der Waals surface area contributed by atoms with Crippen molar-refractivity contribution >= 4 is 50.2 Å². The van der Waals surface area contributed by atoms with Gasteiger partial charge in [-0.05, 0) is 53.9 Å². The van der Waals surface area contributed by atoms with Gasteiger partial charge in [-0.2, -0.15) is 5.10 Å². The van der Waals surface area contributed by atoms with Crippen LogP contribution in [0.15, 0.2) is 41.4 Å². The molecule has 3 atom stereocenters. The second kappa shape index (κ2) is 11.1. The van der Waals surface area contributed by atoms with Crippen LogP contribution in [0.25, 0.3) is 22.2 Å². The molecule has 4 aromatic heterocycles. The van der Waals surface area contributed by atoms with Gasteiger partial charge in [-0.3, -0.25) is 24.0 Å². The SMILES string of the molecule is CC(=O)c1nn(CC(=O)N2[C@H](C(=O)Nc3nc(Br)ccc3C)C[C@@]3(CC(F)F)C#C[C@@H]23)c2cnc(-c3cnc(C)nc3)cc12. The van der Waals surface area contributed by atoms with Gasteiger partial charge in [0.1, 0.15) is 40.6 Å². The molecule has 0 radical (unpaired) electrons. The van der Waals surface area contributed by atoms with Crippen LogP contribution in [0, 0.1) is 31.1 Å². The van der Waals surface area contributed by atoms with E-state index >= 15 is 0 Å². The minimum atomic E-state index is -2.67. The van der Waals surface area contributed by atoms with Crippen LogP contribution >= 0.6 is 15.9 Å². The van der Waals surface area contributed by atoms with Crippen LogP contribution in [0.1, 0.15) is 41.6 Å². The van der Waals surface area contributed by atoms with E-state index in [1.54, 1.807) is 44.4 Å². The highest BCUT2D eigenvalue weighted by atomic mass is 79.9. The zero-order valence-electron chi connectivity index (χ0n) is 23.8. The number of nitrogens with one attached hydrogen (secondary N) is 1. The van der Waals surface area contributed by atoms with Gasteiger partial charge in [0.05, 0.1) is 22.8 Å². The highest BCUT2D eigenvalue weighted by Gasteiger charge is 2.59. The van der Waals surface area contributed by atoms with Gasteiger partial charge in [0.25, 0.3) is 0 Å². The quantitative estimate of drug-likeness (QED) is 0.169. The maximum Gasteiger partial charge on any atom is 0.248 e. The Morgan fingerprint density at radius 2 is 1.91 bits per heavy atom. The molecule has 2 amide bonds. The molecule has 1 N–H and O–H groups in total. The Kier molecular flexibility index (Phi) is 7.44. The Bertz CT molecular complexity index is 1900. The van der Waals surface area contributed by atoms with E-state index in [2.05, 4.69) is 58.1 Å². The number of alkyl halides is 2. The van der Waals surface area contributed by atoms with Crippen LogP contribution < -0.4 is 5.32 Å². The van der Waals surface area contributed by atoms with Gasteiger partial charge in [0.2, 0.25) is 18.2 Å². The van der Waals surface area contributed by atoms with Gasteiger partial charge in [-0.1, -0.05) is 17.9 Å². The molecule has 224 valence electrons. The van der Waals surface area contributed by atoms with E-state index in [-0.39, 0.29) is 30.3 Å². The fourth-order valence-electron chi connectivity index (χ4n) is 5.70. The van der Waals surface area contributed by atoms with Crippen LogP contribution in [0.2, 0.25) is 0 Å². The molecule has 1 aliphatic heterocycles. The topological polar surface area (TPSA) is 136 Å². The monoisotopic (exact) mass is 662 g/mol. The third-order valence-corrected chi connectivity index (χ3v) is 8.34. The molecule has 6 rings (SSSR count). The Balaban J connectivity index is 1.33. The van der Waals surface area contributed by atoms with E-state index in [4.69, 9.17) is 0 Å². The van der Waals surface area contributed by atoms with Gasteiger partial charge in [0.15, 0.2) is 5.78 Å². The number of carbonyl (C=O) groups is 3. The first-order valence-corrected chi connectivity index (χ1v) is 14.5. The molecule has 1 aliphatic carbocycles. The van der Waals surface area contributed by atoms with Crippen LogP contribution in [0.3, 0.4) is 0 Å². The number of rotatable bonds is 8. The molecule has 0 aromatic carbocycles. The van der Waals surface area contributed by atoms with Crippen molar-refractivity contribution < 1.29 is 23.2 Å². The number of halogens is 3. The van der Waals surface area contributed by atoms with Gasteiger partial charge in [-0.25, -0.2) is 23.7 Å². The number of hydrogen-bond donors (Lipinski definition) is 1. The van der Waals surface area contributed by atoms with Crippen molar-refractivity contribution in [3.8, 4) is 23.1 Å². The summed E-state index contributed by atoms with van der Waals surface area (Å²) in [6.45, 7) is 4.51. The number of amides is 2. The molecular weight excluding hydrogens is 638 g/mol. The zero-order chi connectivity index (χ0) is 31.3. The molecule has 0 unspecified atom stereocenters. The zero-order valence-corrected chi connectivity index (χ0v) is 25.4. The number of hydrogen-bond acceptors (Lipinski definition) is 8. The Morgan fingerprint density at radius 3 is 2.57 bits per heavy atom. The molecular formula is C30H25BrF2N8O3. The first kappa shape index (κ1) is 29.4. The number of nitrogens with zero attached hydrogens (tertiary/aromatic N) is 7. The molecule has 14 heteroatoms. The third kappa shape index (κ3) is 5.21. The van der Waals surface area contributed by atoms with E-state index in [0.29, 0.717) is 38.2 Å². The van der Waals surface area contributed by atoms with E-state index in [1.165, 1.54) is 22.7 Å². The van der Waals surface area contributed by atoms with Crippen molar-refractivity contribution in [2.75, 3.05) is 5.32 Å². The van der Waals surface area contributed by atoms with Crippen LogP contribution in [-0.2, 0) is 16.1 Å². The number of fused-ring (bicyclic) bond motifs is 2. The van der Waals surface area contributed by atoms with Crippen molar-refractivity contribution in [3.05, 3.63) is 58.5 Å². The Labute approximate surface area is 258 Å². The number of aryl methyl sites for hydroxylation is 2. The molecule has 4 aromatic rings. The summed E-state index contributed by atoms with van der Waals surface area (Å²) in [7, 11) is 0. The number of pyridine rings is 2. The Hall–Kier alpha value is -4.64. The number of carbonyl (C=O) groups excluding carboxylic acids is 3. The van der Waals surface area contributed by atoms with Crippen LogP contribution in [-0.4, -0.2) is 70.7 Å². The molecule has 44 heavy (non-hydrogen) atoms. The first-order valence-electron chi connectivity index (χ1n) is 13.7. The predicted octanol–water partition coefficient (Wildman–Crippen LogP) is 4.13. The highest BCUT2D eigenvalue weighted by molar-refractivity contribution is 9.10. The lowest BCUT2D eigenvalue weighted by molar-refractivity contribution is -0.138. The Morgan fingerprint density at radius 1 is 1.16 bits per heavy atom. The summed E-state index contributed by atoms with van der Waals surface area (Å²) in [6, 6.07) is 3.18. The standard InChI is InChI=1S/C30H25BrF2N8O3/c1-15-4-5-24(31)37-28(15)38-29(44)21-9-30(10-25(32)33)7-6-23(30)41(21)26(43)14-40-22-13-36-20(18-11-34-17(3)35-12-18)8-19(22)27(39-40)16(2)42/h4-5,8,11-13,21,23,25H,9-10,14H2,1-3H3,(H,37,38,44)/t21-,23+,30+/m0/s1. The minimum Gasteiger partial charge on any atom is -0.314 e. The lowest BCUT2D eigenvalue weighted by Crippen LogP contribution is -2.51. The molecule has 1 fully saturated rings. The fourth-order valence-corrected chi connectivity index (χ4v) is 6.01. The van der Waals surface area contributed by atoms with Crippen molar-refractivity contribution in [3.63, 3.8) is 0 Å². The smallest absolute Gasteiger partial charge is 0.248 e. The maximum absolute atomic E-state index is 13.9. The minimum absolute atomic E-state index is 0.0539. The highest BCUT2D eigenvalue weighted by Crippen LogP contribution is 2.49. The summed E-state index contributed by atoms with van der Waals surface area (Å²) >= 11 is 3.28. The van der Waals surface area contributed by atoms with E-state index in [9.17, 15) is 23.2 Å². The number of likely N-dealkylation sites (tertiary alicyclic amines) is 1. The van der Waals surface area contributed by atoms with Crippen LogP contribution in [0.5, 0.6) is 0 Å². The number of ketones is 1. The molecule has 0 saturated carbocycles. The van der Waals surface area contributed by atoms with E-state index in [1.807, 2.05) is 0 Å². The average molecular weight is 663 g/mol. The second-order valence-electron chi connectivity index (χ2n) is 10.9. The normalized spacial score (nSPS) is 20.2. The number of Topliss-reactive ketones (excluding diaryl/α,β-unsaturated/α-hetero) is 1. The summed E-state index contributed by atoms with van der Waals surface area (Å²) < 4.78 is 29.2. The summed E-state index contributed by atoms with van der Waals surface area (Å²) in [5.74, 6) is 5.09. The van der Waals surface area contributed by atoms with Gasteiger partial charge in [0, 0.05) is 36.7 Å². The first-order chi connectivity index (χ1) is 21.0. The summed E-state index contributed by atoms with van der Waals surface area (Å²) in [4.78, 5) is 58.5. The van der Waals surface area contributed by atoms with Gasteiger partial charge in [-0.15, -0.1) is 0 Å². The van der Waals surface area contributed by atoms with Crippen LogP contribution in [0.4, 0.5) is 14.6 Å². The lowest BCUT2D eigenvalue weighted by atomic mass is 9.71. The lowest BCUT2D eigenvalue weighted by Gasteiger charge is -2.36. The van der Waals surface area contributed by atoms with Gasteiger partial charge >= 0.3 is 0 Å². The summed E-state index contributed by atoms with van der Waals surface area (Å²) in [6.07, 6.45) is 1.44. The molecule has 5 heterocycles. The third-order valence-electron chi connectivity index (χ3n) is 7.90. The van der Waals surface area contributed by atoms with Crippen molar-refractivity contribution in [1.82, 2.24) is 34.6 Å². The predicted molar refractivity (Wildman–Crippen MR) is 158 cm³/mol. The van der Waals surface area contributed by atoms with Gasteiger partial charge < -0.3 is 10.2 Å². The number of aromatic nitrogens is 6. The largest absolute Gasteiger partial charge is 0.314 e. The number of anilines is 1. The van der Waals surface area contributed by atoms with E-state index in [0.717, 1.165) is 0 Å². The molecule has 0 spiro atoms. The maximum atomic E-state index is 13.9. The average Bonchev–Trinajstić information content (AvgIpc) is 3.43. The summed E-state index contributed by atoms with van der Waals surface area (Å²) in [5, 5.41) is 7.63. The van der Waals surface area contributed by atoms with E-state index < -0.39 is 42.2 Å². The summed E-state index contributed by atoms with van der Waals surface area (Å²) in [5.41, 5.74) is 1.16.